The summed E-state index contributed by atoms with van der Waals surface area (Å²) < 4.78 is 5.74. The Morgan fingerprint density at radius 2 is 1.86 bits per heavy atom. The number of ether oxygens (including phenoxy) is 1. The SMILES string of the molecule is CC/C=C(\C)C(CCC(C)C)OCC. The van der Waals surface area contributed by atoms with Crippen LogP contribution in [0.3, 0.4) is 0 Å². The Labute approximate surface area is 89.5 Å². The third-order valence-electron chi connectivity index (χ3n) is 2.41. The maximum absolute atomic E-state index is 5.74. The Hall–Kier alpha value is -0.300. The van der Waals surface area contributed by atoms with Gasteiger partial charge in [0.25, 0.3) is 0 Å². The van der Waals surface area contributed by atoms with E-state index < -0.39 is 0 Å². The molecular weight excluding hydrogens is 172 g/mol. The van der Waals surface area contributed by atoms with Crippen LogP contribution in [0, 0.1) is 5.92 Å². The predicted octanol–water partition coefficient (Wildman–Crippen LogP) is 4.18. The monoisotopic (exact) mass is 198 g/mol. The maximum Gasteiger partial charge on any atom is 0.0782 e. The summed E-state index contributed by atoms with van der Waals surface area (Å²) in [7, 11) is 0. The van der Waals surface area contributed by atoms with Crippen molar-refractivity contribution in [1.29, 1.82) is 0 Å². The first-order valence-corrected chi connectivity index (χ1v) is 5.90. The normalized spacial score (nSPS) is 14.9. The van der Waals surface area contributed by atoms with Gasteiger partial charge in [-0.05, 0) is 44.6 Å². The van der Waals surface area contributed by atoms with Crippen molar-refractivity contribution in [3.05, 3.63) is 11.6 Å². The smallest absolute Gasteiger partial charge is 0.0782 e. The van der Waals surface area contributed by atoms with Gasteiger partial charge in [0.15, 0.2) is 0 Å². The molecule has 1 unspecified atom stereocenters. The first-order chi connectivity index (χ1) is 6.61. The summed E-state index contributed by atoms with van der Waals surface area (Å²) in [5.74, 6) is 0.771. The van der Waals surface area contributed by atoms with Crippen molar-refractivity contribution in [3.8, 4) is 0 Å². The summed E-state index contributed by atoms with van der Waals surface area (Å²) in [6.45, 7) is 11.8. The van der Waals surface area contributed by atoms with E-state index in [2.05, 4.69) is 40.7 Å². The minimum Gasteiger partial charge on any atom is -0.374 e. The van der Waals surface area contributed by atoms with Crippen LogP contribution in [0.4, 0.5) is 0 Å². The van der Waals surface area contributed by atoms with Gasteiger partial charge in [-0.25, -0.2) is 0 Å². The van der Waals surface area contributed by atoms with Gasteiger partial charge in [0.1, 0.15) is 0 Å². The van der Waals surface area contributed by atoms with Crippen LogP contribution in [0.15, 0.2) is 11.6 Å². The highest BCUT2D eigenvalue weighted by Gasteiger charge is 2.10. The number of hydrogen-bond acceptors (Lipinski definition) is 1. The fourth-order valence-corrected chi connectivity index (χ4v) is 1.58. The summed E-state index contributed by atoms with van der Waals surface area (Å²) in [5.41, 5.74) is 1.40. The van der Waals surface area contributed by atoms with Gasteiger partial charge in [0, 0.05) is 6.61 Å². The van der Waals surface area contributed by atoms with Crippen molar-refractivity contribution in [1.82, 2.24) is 0 Å². The Kier molecular flexibility index (Phi) is 7.87. The molecule has 0 spiro atoms. The van der Waals surface area contributed by atoms with Gasteiger partial charge in [-0.1, -0.05) is 26.8 Å². The molecule has 1 heteroatoms. The lowest BCUT2D eigenvalue weighted by Gasteiger charge is -2.19. The van der Waals surface area contributed by atoms with E-state index in [4.69, 9.17) is 4.74 Å². The molecule has 0 rings (SSSR count). The molecule has 0 saturated carbocycles. The average Bonchev–Trinajstić information content (AvgIpc) is 2.12. The fourth-order valence-electron chi connectivity index (χ4n) is 1.58. The van der Waals surface area contributed by atoms with Crippen LogP contribution in [0.25, 0.3) is 0 Å². The fraction of sp³-hybridized carbons (Fsp3) is 0.846. The lowest BCUT2D eigenvalue weighted by Crippen LogP contribution is -2.15. The molecule has 0 fully saturated rings. The molecule has 1 atom stereocenters. The highest BCUT2D eigenvalue weighted by atomic mass is 16.5. The van der Waals surface area contributed by atoms with Crippen LogP contribution in [-0.4, -0.2) is 12.7 Å². The zero-order valence-electron chi connectivity index (χ0n) is 10.5. The number of rotatable bonds is 7. The standard InChI is InChI=1S/C13H26O/c1-6-8-12(5)13(14-7-2)10-9-11(3)4/h8,11,13H,6-7,9-10H2,1-5H3/b12-8+. The van der Waals surface area contributed by atoms with Crippen LogP contribution in [0.1, 0.15) is 53.9 Å². The molecule has 1 nitrogen and oxygen atoms in total. The van der Waals surface area contributed by atoms with E-state index in [0.717, 1.165) is 25.4 Å². The zero-order valence-corrected chi connectivity index (χ0v) is 10.5. The van der Waals surface area contributed by atoms with Gasteiger partial charge in [-0.15, -0.1) is 0 Å². The van der Waals surface area contributed by atoms with Crippen molar-refractivity contribution in [2.45, 2.75) is 60.0 Å². The van der Waals surface area contributed by atoms with Crippen molar-refractivity contribution in [3.63, 3.8) is 0 Å². The molecule has 0 heterocycles. The van der Waals surface area contributed by atoms with Gasteiger partial charge in [0.2, 0.25) is 0 Å². The lowest BCUT2D eigenvalue weighted by atomic mass is 10.00. The van der Waals surface area contributed by atoms with Gasteiger partial charge in [-0.3, -0.25) is 0 Å². The number of allylic oxidation sites excluding steroid dienone is 1. The first-order valence-electron chi connectivity index (χ1n) is 5.90. The van der Waals surface area contributed by atoms with Crippen molar-refractivity contribution < 1.29 is 4.74 Å². The van der Waals surface area contributed by atoms with Crippen LogP contribution >= 0.6 is 0 Å². The van der Waals surface area contributed by atoms with Crippen molar-refractivity contribution in [2.75, 3.05) is 6.61 Å². The van der Waals surface area contributed by atoms with E-state index in [9.17, 15) is 0 Å². The maximum atomic E-state index is 5.74. The molecular formula is C13H26O. The van der Waals surface area contributed by atoms with Crippen LogP contribution in [0.5, 0.6) is 0 Å². The molecule has 0 aromatic rings. The third kappa shape index (κ3) is 6.20. The van der Waals surface area contributed by atoms with E-state index in [1.165, 1.54) is 12.0 Å². The highest BCUT2D eigenvalue weighted by Crippen LogP contribution is 2.16. The summed E-state index contributed by atoms with van der Waals surface area (Å²) >= 11 is 0. The zero-order chi connectivity index (χ0) is 11.0. The molecule has 0 aromatic heterocycles. The molecule has 0 saturated heterocycles. The Bertz CT molecular complexity index is 159. The van der Waals surface area contributed by atoms with Crippen molar-refractivity contribution >= 4 is 0 Å². The quantitative estimate of drug-likeness (QED) is 0.557. The second kappa shape index (κ2) is 8.05. The van der Waals surface area contributed by atoms with Gasteiger partial charge in [-0.2, -0.15) is 0 Å². The van der Waals surface area contributed by atoms with Crippen LogP contribution in [0.2, 0.25) is 0 Å². The first kappa shape index (κ1) is 13.7. The molecule has 0 bridgehead atoms. The predicted molar refractivity (Wildman–Crippen MR) is 63.5 cm³/mol. The van der Waals surface area contributed by atoms with E-state index in [-0.39, 0.29) is 0 Å². The van der Waals surface area contributed by atoms with Crippen LogP contribution < -0.4 is 0 Å². The summed E-state index contributed by atoms with van der Waals surface area (Å²) in [6.07, 6.45) is 6.15. The minimum absolute atomic E-state index is 0.349. The molecule has 0 radical (unpaired) electrons. The lowest BCUT2D eigenvalue weighted by molar-refractivity contribution is 0.0779. The Morgan fingerprint density at radius 1 is 1.21 bits per heavy atom. The van der Waals surface area contributed by atoms with Gasteiger partial charge in [0.05, 0.1) is 6.10 Å². The second-order valence-corrected chi connectivity index (χ2v) is 4.27. The van der Waals surface area contributed by atoms with Gasteiger partial charge < -0.3 is 4.74 Å². The van der Waals surface area contributed by atoms with E-state index in [1.807, 2.05) is 0 Å². The molecule has 0 aliphatic rings. The van der Waals surface area contributed by atoms with Gasteiger partial charge >= 0.3 is 0 Å². The van der Waals surface area contributed by atoms with E-state index in [0.29, 0.717) is 6.10 Å². The molecule has 0 amide bonds. The summed E-state index contributed by atoms with van der Waals surface area (Å²) in [6, 6.07) is 0. The summed E-state index contributed by atoms with van der Waals surface area (Å²) in [4.78, 5) is 0. The van der Waals surface area contributed by atoms with E-state index in [1.54, 1.807) is 0 Å². The average molecular weight is 198 g/mol. The Balaban J connectivity index is 4.06. The highest BCUT2D eigenvalue weighted by molar-refractivity contribution is 5.04. The summed E-state index contributed by atoms with van der Waals surface area (Å²) in [5, 5.41) is 0. The number of hydrogen-bond donors (Lipinski definition) is 0. The largest absolute Gasteiger partial charge is 0.374 e. The third-order valence-corrected chi connectivity index (χ3v) is 2.41. The molecule has 0 aliphatic heterocycles. The Morgan fingerprint density at radius 3 is 2.29 bits per heavy atom. The topological polar surface area (TPSA) is 9.23 Å². The van der Waals surface area contributed by atoms with E-state index >= 15 is 0 Å². The molecule has 84 valence electrons. The molecule has 0 aliphatic carbocycles. The minimum atomic E-state index is 0.349. The molecule has 0 aromatic carbocycles. The van der Waals surface area contributed by atoms with Crippen LogP contribution in [-0.2, 0) is 4.74 Å². The molecule has 14 heavy (non-hydrogen) atoms. The second-order valence-electron chi connectivity index (χ2n) is 4.27. The molecule has 0 N–H and O–H groups in total. The van der Waals surface area contributed by atoms with Crippen molar-refractivity contribution in [2.24, 2.45) is 5.92 Å².